The average Bonchev–Trinajstić information content (AvgIpc) is 2.51. The van der Waals surface area contributed by atoms with Gasteiger partial charge in [-0.3, -0.25) is 0 Å². The van der Waals surface area contributed by atoms with Crippen LogP contribution < -0.4 is 10.5 Å². The predicted octanol–water partition coefficient (Wildman–Crippen LogP) is 3.09. The first-order valence-corrected chi connectivity index (χ1v) is 8.55. The van der Waals surface area contributed by atoms with E-state index in [2.05, 4.69) is 0 Å². The zero-order chi connectivity index (χ0) is 16.2. The molecular weight excluding hydrogens is 300 g/mol. The van der Waals surface area contributed by atoms with Crippen molar-refractivity contribution in [1.29, 1.82) is 0 Å². The lowest BCUT2D eigenvalue weighted by molar-refractivity contribution is 0.432. The lowest BCUT2D eigenvalue weighted by Crippen LogP contribution is -2.30. The topological polar surface area (TPSA) is 72.6 Å². The molecule has 0 radical (unpaired) electrons. The van der Waals surface area contributed by atoms with Crippen LogP contribution in [0.1, 0.15) is 13.8 Å². The Balaban J connectivity index is 2.49. The monoisotopic (exact) mass is 320 g/mol. The molecule has 2 aromatic rings. The number of hydrogen-bond donors (Lipinski definition) is 1. The van der Waals surface area contributed by atoms with E-state index < -0.39 is 10.0 Å². The van der Waals surface area contributed by atoms with E-state index in [9.17, 15) is 8.42 Å². The third-order valence-electron chi connectivity index (χ3n) is 3.26. The van der Waals surface area contributed by atoms with Crippen molar-refractivity contribution in [3.05, 3.63) is 48.5 Å². The quantitative estimate of drug-likeness (QED) is 0.830. The smallest absolute Gasteiger partial charge is 0.246 e. The summed E-state index contributed by atoms with van der Waals surface area (Å²) >= 11 is 0. The average molecular weight is 320 g/mol. The normalized spacial score (nSPS) is 11.6. The van der Waals surface area contributed by atoms with Gasteiger partial charge in [-0.1, -0.05) is 32.0 Å². The molecule has 0 amide bonds. The SMILES string of the molecule is CCN(CC)S(=O)(=O)c1cc(N)ccc1Oc1ccccc1. The molecule has 5 nitrogen and oxygen atoms in total. The summed E-state index contributed by atoms with van der Waals surface area (Å²) in [7, 11) is -3.65. The third-order valence-corrected chi connectivity index (χ3v) is 5.33. The molecular formula is C16H20N2O3S. The van der Waals surface area contributed by atoms with Crippen LogP contribution in [0.25, 0.3) is 0 Å². The molecule has 2 aromatic carbocycles. The summed E-state index contributed by atoms with van der Waals surface area (Å²) in [6, 6.07) is 13.7. The van der Waals surface area contributed by atoms with Crippen LogP contribution in [0.4, 0.5) is 5.69 Å². The maximum absolute atomic E-state index is 12.7. The fourth-order valence-corrected chi connectivity index (χ4v) is 3.74. The van der Waals surface area contributed by atoms with Gasteiger partial charge in [0.05, 0.1) is 0 Å². The fourth-order valence-electron chi connectivity index (χ4n) is 2.13. The maximum atomic E-state index is 12.7. The highest BCUT2D eigenvalue weighted by molar-refractivity contribution is 7.89. The molecule has 0 spiro atoms. The molecule has 0 atom stereocenters. The Morgan fingerprint density at radius 3 is 2.27 bits per heavy atom. The van der Waals surface area contributed by atoms with Gasteiger partial charge in [-0.25, -0.2) is 8.42 Å². The van der Waals surface area contributed by atoms with Gasteiger partial charge in [-0.05, 0) is 30.3 Å². The highest BCUT2D eigenvalue weighted by Crippen LogP contribution is 2.32. The summed E-state index contributed by atoms with van der Waals surface area (Å²) in [5.41, 5.74) is 6.14. The second-order valence-corrected chi connectivity index (χ2v) is 6.62. The van der Waals surface area contributed by atoms with Crippen LogP contribution in [0.3, 0.4) is 0 Å². The number of rotatable bonds is 6. The summed E-state index contributed by atoms with van der Waals surface area (Å²) < 4.78 is 32.6. The highest BCUT2D eigenvalue weighted by Gasteiger charge is 2.26. The molecule has 0 aliphatic carbocycles. The molecule has 0 fully saturated rings. The van der Waals surface area contributed by atoms with E-state index in [-0.39, 0.29) is 10.6 Å². The van der Waals surface area contributed by atoms with Crippen molar-refractivity contribution < 1.29 is 13.2 Å². The van der Waals surface area contributed by atoms with Gasteiger partial charge in [0.25, 0.3) is 0 Å². The number of hydrogen-bond acceptors (Lipinski definition) is 4. The van der Waals surface area contributed by atoms with Gasteiger partial charge < -0.3 is 10.5 Å². The number of benzene rings is 2. The zero-order valence-corrected chi connectivity index (χ0v) is 13.5. The molecule has 2 N–H and O–H groups in total. The van der Waals surface area contributed by atoms with Crippen LogP contribution in [0.5, 0.6) is 11.5 Å². The van der Waals surface area contributed by atoms with Crippen molar-refractivity contribution in [2.45, 2.75) is 18.7 Å². The zero-order valence-electron chi connectivity index (χ0n) is 12.7. The van der Waals surface area contributed by atoms with Gasteiger partial charge in [-0.2, -0.15) is 4.31 Å². The molecule has 0 aliphatic rings. The van der Waals surface area contributed by atoms with E-state index in [1.807, 2.05) is 18.2 Å². The Morgan fingerprint density at radius 1 is 1.05 bits per heavy atom. The summed E-state index contributed by atoms with van der Waals surface area (Å²) in [6.45, 7) is 4.37. The van der Waals surface area contributed by atoms with Gasteiger partial charge in [-0.15, -0.1) is 0 Å². The highest BCUT2D eigenvalue weighted by atomic mass is 32.2. The third kappa shape index (κ3) is 3.40. The molecule has 0 saturated carbocycles. The van der Waals surface area contributed by atoms with E-state index in [1.54, 1.807) is 38.1 Å². The second kappa shape index (κ2) is 6.81. The van der Waals surface area contributed by atoms with Gasteiger partial charge in [0.1, 0.15) is 16.4 Å². The molecule has 0 saturated heterocycles. The van der Waals surface area contributed by atoms with Gasteiger partial charge in [0.15, 0.2) is 0 Å². The van der Waals surface area contributed by atoms with Crippen LogP contribution in [-0.4, -0.2) is 25.8 Å². The summed E-state index contributed by atoms with van der Waals surface area (Å²) in [4.78, 5) is 0.0834. The largest absolute Gasteiger partial charge is 0.456 e. The Bertz CT molecular complexity index is 726. The molecule has 118 valence electrons. The van der Waals surface area contributed by atoms with E-state index >= 15 is 0 Å². The number of para-hydroxylation sites is 1. The van der Waals surface area contributed by atoms with Crippen LogP contribution >= 0.6 is 0 Å². The number of anilines is 1. The second-order valence-electron chi connectivity index (χ2n) is 4.71. The minimum absolute atomic E-state index is 0.0834. The number of nitrogens with two attached hydrogens (primary N) is 1. The van der Waals surface area contributed by atoms with Crippen molar-refractivity contribution in [3.63, 3.8) is 0 Å². The first-order valence-electron chi connectivity index (χ1n) is 7.11. The Kier molecular flexibility index (Phi) is 5.05. The van der Waals surface area contributed by atoms with E-state index in [4.69, 9.17) is 10.5 Å². The van der Waals surface area contributed by atoms with Crippen LogP contribution in [-0.2, 0) is 10.0 Å². The number of sulfonamides is 1. The van der Waals surface area contributed by atoms with Crippen molar-refractivity contribution in [3.8, 4) is 11.5 Å². The molecule has 22 heavy (non-hydrogen) atoms. The molecule has 2 rings (SSSR count). The Labute approximate surface area is 131 Å². The van der Waals surface area contributed by atoms with E-state index in [0.29, 0.717) is 24.5 Å². The summed E-state index contributed by atoms with van der Waals surface area (Å²) in [5, 5.41) is 0. The maximum Gasteiger partial charge on any atom is 0.246 e. The summed E-state index contributed by atoms with van der Waals surface area (Å²) in [5.74, 6) is 0.843. The molecule has 0 aliphatic heterocycles. The molecule has 0 aromatic heterocycles. The number of ether oxygens (including phenoxy) is 1. The minimum atomic E-state index is -3.65. The van der Waals surface area contributed by atoms with E-state index in [1.165, 1.54) is 10.4 Å². The minimum Gasteiger partial charge on any atom is -0.456 e. The molecule has 0 unspecified atom stereocenters. The standard InChI is InChI=1S/C16H20N2O3S/c1-3-18(4-2)22(19,20)16-12-13(17)10-11-15(16)21-14-8-6-5-7-9-14/h5-12H,3-4,17H2,1-2H3. The van der Waals surface area contributed by atoms with Gasteiger partial charge in [0, 0.05) is 18.8 Å². The van der Waals surface area contributed by atoms with Crippen molar-refractivity contribution in [2.24, 2.45) is 0 Å². The Morgan fingerprint density at radius 2 is 1.68 bits per heavy atom. The van der Waals surface area contributed by atoms with Crippen molar-refractivity contribution in [2.75, 3.05) is 18.8 Å². The van der Waals surface area contributed by atoms with Gasteiger partial charge in [0.2, 0.25) is 10.0 Å². The van der Waals surface area contributed by atoms with Crippen LogP contribution in [0, 0.1) is 0 Å². The molecule has 0 heterocycles. The number of nitrogen functional groups attached to an aromatic ring is 1. The van der Waals surface area contributed by atoms with Crippen molar-refractivity contribution >= 4 is 15.7 Å². The first-order chi connectivity index (χ1) is 10.5. The molecule has 6 heteroatoms. The lowest BCUT2D eigenvalue weighted by atomic mass is 10.3. The number of nitrogens with zero attached hydrogens (tertiary/aromatic N) is 1. The van der Waals surface area contributed by atoms with E-state index in [0.717, 1.165) is 0 Å². The van der Waals surface area contributed by atoms with Crippen LogP contribution in [0.2, 0.25) is 0 Å². The lowest BCUT2D eigenvalue weighted by Gasteiger charge is -2.20. The predicted molar refractivity (Wildman–Crippen MR) is 87.5 cm³/mol. The van der Waals surface area contributed by atoms with Crippen LogP contribution in [0.15, 0.2) is 53.4 Å². The Hall–Kier alpha value is -2.05. The van der Waals surface area contributed by atoms with Crippen molar-refractivity contribution in [1.82, 2.24) is 4.31 Å². The first kappa shape index (κ1) is 16.3. The van der Waals surface area contributed by atoms with Gasteiger partial charge >= 0.3 is 0 Å². The molecule has 0 bridgehead atoms. The summed E-state index contributed by atoms with van der Waals surface area (Å²) in [6.07, 6.45) is 0. The fraction of sp³-hybridized carbons (Fsp3) is 0.250.